The molecule has 0 aromatic heterocycles. The van der Waals surface area contributed by atoms with Gasteiger partial charge in [-0.2, -0.15) is 0 Å². The van der Waals surface area contributed by atoms with Crippen LogP contribution in [0.25, 0.3) is 0 Å². The van der Waals surface area contributed by atoms with E-state index in [9.17, 15) is 0 Å². The average molecular weight is 391 g/mol. The molecule has 4 rings (SSSR count). The highest BCUT2D eigenvalue weighted by Crippen LogP contribution is 2.47. The van der Waals surface area contributed by atoms with E-state index in [0.29, 0.717) is 5.41 Å². The molecule has 148 valence electrons. The Morgan fingerprint density at radius 2 is 2.07 bits per heavy atom. The summed E-state index contributed by atoms with van der Waals surface area (Å²) in [6.07, 6.45) is 5.49. The molecule has 27 heavy (non-hydrogen) atoms. The fraction of sp³-hybridized carbons (Fsp3) is 0.667. The third-order valence-electron chi connectivity index (χ3n) is 6.54. The summed E-state index contributed by atoms with van der Waals surface area (Å²) < 4.78 is 5.56. The first kappa shape index (κ1) is 19.0. The molecule has 1 aromatic rings. The monoisotopic (exact) mass is 390 g/mol. The van der Waals surface area contributed by atoms with Gasteiger partial charge in [-0.25, -0.2) is 0 Å². The van der Waals surface area contributed by atoms with Crippen LogP contribution in [0, 0.1) is 5.41 Å². The largest absolute Gasteiger partial charge is 0.379 e. The van der Waals surface area contributed by atoms with Crippen molar-refractivity contribution in [2.24, 2.45) is 10.4 Å². The van der Waals surface area contributed by atoms with Gasteiger partial charge >= 0.3 is 0 Å². The van der Waals surface area contributed by atoms with Crippen molar-refractivity contribution in [2.45, 2.75) is 31.7 Å². The quantitative estimate of drug-likeness (QED) is 0.633. The summed E-state index contributed by atoms with van der Waals surface area (Å²) in [4.78, 5) is 9.53. The van der Waals surface area contributed by atoms with E-state index in [-0.39, 0.29) is 6.04 Å². The number of halogens is 1. The zero-order valence-corrected chi connectivity index (χ0v) is 17.0. The van der Waals surface area contributed by atoms with Crippen LogP contribution in [0.15, 0.2) is 29.3 Å². The summed E-state index contributed by atoms with van der Waals surface area (Å²) in [6, 6.07) is 8.52. The minimum absolute atomic E-state index is 0.268. The smallest absolute Gasteiger partial charge is 0.193 e. The maximum absolute atomic E-state index is 6.28. The number of rotatable bonds is 4. The van der Waals surface area contributed by atoms with Gasteiger partial charge in [0.05, 0.1) is 19.3 Å². The van der Waals surface area contributed by atoms with Gasteiger partial charge in [0.2, 0.25) is 0 Å². The summed E-state index contributed by atoms with van der Waals surface area (Å²) >= 11 is 6.28. The predicted molar refractivity (Wildman–Crippen MR) is 110 cm³/mol. The number of aliphatic imine (C=N–C) groups is 1. The van der Waals surface area contributed by atoms with E-state index in [4.69, 9.17) is 16.3 Å². The Balaban J connectivity index is 1.44. The fourth-order valence-electron chi connectivity index (χ4n) is 4.78. The van der Waals surface area contributed by atoms with Gasteiger partial charge < -0.3 is 15.0 Å². The molecule has 3 aliphatic rings. The number of likely N-dealkylation sites (tertiary alicyclic amines) is 1. The molecule has 1 aromatic carbocycles. The Labute approximate surface area is 167 Å². The maximum atomic E-state index is 6.28. The molecule has 1 N–H and O–H groups in total. The highest BCUT2D eigenvalue weighted by molar-refractivity contribution is 6.30. The van der Waals surface area contributed by atoms with Crippen molar-refractivity contribution in [3.8, 4) is 0 Å². The van der Waals surface area contributed by atoms with Crippen molar-refractivity contribution in [3.05, 3.63) is 34.9 Å². The number of nitrogens with zero attached hydrogens (tertiary/aromatic N) is 3. The van der Waals surface area contributed by atoms with Gasteiger partial charge in [0, 0.05) is 44.8 Å². The van der Waals surface area contributed by atoms with Crippen molar-refractivity contribution in [1.82, 2.24) is 15.1 Å². The summed E-state index contributed by atoms with van der Waals surface area (Å²) in [7, 11) is 1.90. The number of benzene rings is 1. The molecule has 1 aliphatic carbocycles. The SMILES string of the molecule is CN=C(NCC(c1cccc(Cl)c1)N1CCOCC1)N1CCC2(CCC2)C1. The molecule has 1 saturated carbocycles. The van der Waals surface area contributed by atoms with E-state index in [2.05, 4.69) is 32.2 Å². The Bertz CT molecular complexity index is 670. The normalized spacial score (nSPS) is 24.1. The van der Waals surface area contributed by atoms with Crippen molar-refractivity contribution in [3.63, 3.8) is 0 Å². The minimum Gasteiger partial charge on any atom is -0.379 e. The van der Waals surface area contributed by atoms with Crippen LogP contribution >= 0.6 is 11.6 Å². The Morgan fingerprint density at radius 1 is 1.26 bits per heavy atom. The second-order valence-electron chi connectivity index (χ2n) is 8.17. The first-order valence-corrected chi connectivity index (χ1v) is 10.6. The van der Waals surface area contributed by atoms with Crippen LogP contribution in [-0.4, -0.2) is 68.7 Å². The van der Waals surface area contributed by atoms with E-state index in [0.717, 1.165) is 56.9 Å². The van der Waals surface area contributed by atoms with Crippen molar-refractivity contribution < 1.29 is 4.74 Å². The van der Waals surface area contributed by atoms with Crippen LogP contribution in [0.4, 0.5) is 0 Å². The maximum Gasteiger partial charge on any atom is 0.193 e. The molecule has 1 atom stereocenters. The Kier molecular flexibility index (Phi) is 5.90. The average Bonchev–Trinajstić information content (AvgIpc) is 3.12. The molecule has 0 bridgehead atoms. The van der Waals surface area contributed by atoms with Crippen molar-refractivity contribution in [2.75, 3.05) is 53.0 Å². The first-order chi connectivity index (χ1) is 13.2. The third kappa shape index (κ3) is 4.25. The van der Waals surface area contributed by atoms with Crippen LogP contribution in [0.3, 0.4) is 0 Å². The summed E-state index contributed by atoms with van der Waals surface area (Å²) in [5.41, 5.74) is 1.83. The third-order valence-corrected chi connectivity index (χ3v) is 6.77. The highest BCUT2D eigenvalue weighted by Gasteiger charge is 2.43. The molecule has 2 aliphatic heterocycles. The Morgan fingerprint density at radius 3 is 2.70 bits per heavy atom. The fourth-order valence-corrected chi connectivity index (χ4v) is 4.98. The lowest BCUT2D eigenvalue weighted by molar-refractivity contribution is 0.0169. The molecule has 2 heterocycles. The zero-order valence-electron chi connectivity index (χ0n) is 16.3. The van der Waals surface area contributed by atoms with E-state index in [1.807, 2.05) is 19.2 Å². The number of hydrogen-bond acceptors (Lipinski definition) is 3. The lowest BCUT2D eigenvalue weighted by atomic mass is 9.68. The van der Waals surface area contributed by atoms with Crippen LogP contribution in [0.5, 0.6) is 0 Å². The Hall–Kier alpha value is -1.30. The van der Waals surface area contributed by atoms with Gasteiger partial charge in [0.25, 0.3) is 0 Å². The molecule has 0 amide bonds. The van der Waals surface area contributed by atoms with Gasteiger partial charge in [0.1, 0.15) is 0 Å². The molecule has 6 heteroatoms. The zero-order chi connectivity index (χ0) is 18.7. The first-order valence-electron chi connectivity index (χ1n) is 10.2. The lowest BCUT2D eigenvalue weighted by Gasteiger charge is -2.38. The minimum atomic E-state index is 0.268. The molecular weight excluding hydrogens is 360 g/mol. The molecule has 1 spiro atoms. The van der Waals surface area contributed by atoms with Crippen molar-refractivity contribution >= 4 is 17.6 Å². The number of morpholine rings is 1. The van der Waals surface area contributed by atoms with Crippen LogP contribution in [0.2, 0.25) is 5.02 Å². The molecule has 5 nitrogen and oxygen atoms in total. The van der Waals surface area contributed by atoms with Gasteiger partial charge in [-0.1, -0.05) is 30.2 Å². The summed E-state index contributed by atoms with van der Waals surface area (Å²) in [5, 5.41) is 4.46. The van der Waals surface area contributed by atoms with Gasteiger partial charge in [0.15, 0.2) is 5.96 Å². The lowest BCUT2D eigenvalue weighted by Crippen LogP contribution is -2.47. The van der Waals surface area contributed by atoms with Gasteiger partial charge in [-0.3, -0.25) is 9.89 Å². The standard InChI is InChI=1S/C21H31ClN4O/c1-23-20(26-9-8-21(16-26)6-3-7-21)24-15-19(25-10-12-27-13-11-25)17-4-2-5-18(22)14-17/h2,4-5,14,19H,3,6-13,15-16H2,1H3,(H,23,24). The topological polar surface area (TPSA) is 40.1 Å². The number of hydrogen-bond donors (Lipinski definition) is 1. The van der Waals surface area contributed by atoms with Crippen LogP contribution in [-0.2, 0) is 4.74 Å². The number of nitrogens with one attached hydrogen (secondary N) is 1. The molecule has 2 saturated heterocycles. The second-order valence-corrected chi connectivity index (χ2v) is 8.61. The molecule has 1 unspecified atom stereocenters. The van der Waals surface area contributed by atoms with Gasteiger partial charge in [-0.15, -0.1) is 0 Å². The summed E-state index contributed by atoms with van der Waals surface area (Å²) in [6.45, 7) is 6.59. The predicted octanol–water partition coefficient (Wildman–Crippen LogP) is 3.16. The van der Waals surface area contributed by atoms with Crippen LogP contribution < -0.4 is 5.32 Å². The van der Waals surface area contributed by atoms with Crippen molar-refractivity contribution in [1.29, 1.82) is 0 Å². The van der Waals surface area contributed by atoms with E-state index in [1.54, 1.807) is 0 Å². The molecule has 0 radical (unpaired) electrons. The number of ether oxygens (including phenoxy) is 1. The van der Waals surface area contributed by atoms with E-state index in [1.165, 1.54) is 31.2 Å². The van der Waals surface area contributed by atoms with E-state index >= 15 is 0 Å². The number of guanidine groups is 1. The molecule has 3 fully saturated rings. The van der Waals surface area contributed by atoms with Gasteiger partial charge in [-0.05, 0) is 42.4 Å². The van der Waals surface area contributed by atoms with Crippen LogP contribution in [0.1, 0.15) is 37.3 Å². The second kappa shape index (κ2) is 8.38. The highest BCUT2D eigenvalue weighted by atomic mass is 35.5. The van der Waals surface area contributed by atoms with E-state index < -0.39 is 0 Å². The molecular formula is C21H31ClN4O. The summed E-state index contributed by atoms with van der Waals surface area (Å²) in [5.74, 6) is 1.04.